The molecule has 0 N–H and O–H groups in total. The van der Waals surface area contributed by atoms with Gasteiger partial charge in [-0.3, -0.25) is 0 Å². The zero-order valence-corrected chi connectivity index (χ0v) is 14.9. The van der Waals surface area contributed by atoms with E-state index in [4.69, 9.17) is 16.3 Å². The summed E-state index contributed by atoms with van der Waals surface area (Å²) in [5.74, 6) is 0.882. The van der Waals surface area contributed by atoms with Gasteiger partial charge in [0.15, 0.2) is 0 Å². The fourth-order valence-electron chi connectivity index (χ4n) is 1.79. The molecule has 0 aliphatic carbocycles. The van der Waals surface area contributed by atoms with Crippen molar-refractivity contribution in [2.45, 2.75) is 11.2 Å². The maximum Gasteiger partial charge on any atom is 0.118 e. The number of rotatable bonds is 4. The van der Waals surface area contributed by atoms with Gasteiger partial charge in [-0.25, -0.2) is 0 Å². The van der Waals surface area contributed by atoms with Crippen molar-refractivity contribution >= 4 is 50.1 Å². The van der Waals surface area contributed by atoms with E-state index in [9.17, 15) is 0 Å². The van der Waals surface area contributed by atoms with Crippen molar-refractivity contribution in [1.29, 1.82) is 0 Å². The van der Waals surface area contributed by atoms with Crippen LogP contribution in [0.25, 0.3) is 0 Å². The van der Waals surface area contributed by atoms with Crippen LogP contribution >= 0.6 is 50.1 Å². The minimum Gasteiger partial charge on any atom is -0.497 e. The molecule has 0 bridgehead atoms. The van der Waals surface area contributed by atoms with Crippen LogP contribution in [0.1, 0.15) is 16.0 Å². The molecule has 0 saturated heterocycles. The summed E-state index contributed by atoms with van der Waals surface area (Å²) in [6.07, 6.45) is 0.918. The standard InChI is InChI=1S/C15H13BrClIO/c1-19-12-5-2-10(3-6-12)8-13(16)11-4-7-15(18)14(17)9-11/h2-7,9,13H,8H2,1H3. The van der Waals surface area contributed by atoms with E-state index in [2.05, 4.69) is 56.7 Å². The molecule has 1 nitrogen and oxygen atoms in total. The molecule has 2 rings (SSSR count). The summed E-state index contributed by atoms with van der Waals surface area (Å²) >= 11 is 12.1. The van der Waals surface area contributed by atoms with Gasteiger partial charge >= 0.3 is 0 Å². The lowest BCUT2D eigenvalue weighted by molar-refractivity contribution is 0.414. The predicted molar refractivity (Wildman–Crippen MR) is 92.5 cm³/mol. The average Bonchev–Trinajstić information content (AvgIpc) is 2.42. The average molecular weight is 452 g/mol. The minimum atomic E-state index is 0.260. The van der Waals surface area contributed by atoms with Crippen LogP contribution in [0, 0.1) is 3.57 Å². The van der Waals surface area contributed by atoms with Gasteiger partial charge in [-0.2, -0.15) is 0 Å². The van der Waals surface area contributed by atoms with Crippen molar-refractivity contribution in [3.63, 3.8) is 0 Å². The Bertz CT molecular complexity index is 557. The van der Waals surface area contributed by atoms with E-state index in [1.807, 2.05) is 24.3 Å². The fraction of sp³-hybridized carbons (Fsp3) is 0.200. The Morgan fingerprint density at radius 2 is 1.89 bits per heavy atom. The molecule has 2 aromatic rings. The molecule has 2 aromatic carbocycles. The van der Waals surface area contributed by atoms with Crippen LogP contribution in [0.5, 0.6) is 5.75 Å². The number of halogens is 3. The van der Waals surface area contributed by atoms with Gasteiger partial charge < -0.3 is 4.74 Å². The highest BCUT2D eigenvalue weighted by molar-refractivity contribution is 14.1. The first-order valence-electron chi connectivity index (χ1n) is 5.82. The molecule has 0 aromatic heterocycles. The first-order valence-corrected chi connectivity index (χ1v) is 8.19. The quantitative estimate of drug-likeness (QED) is 0.432. The van der Waals surface area contributed by atoms with Crippen molar-refractivity contribution in [2.24, 2.45) is 0 Å². The summed E-state index contributed by atoms with van der Waals surface area (Å²) in [5.41, 5.74) is 2.46. The number of ether oxygens (including phenoxy) is 1. The molecule has 0 amide bonds. The molecule has 0 radical (unpaired) electrons. The molecule has 0 saturated carbocycles. The lowest BCUT2D eigenvalue weighted by Crippen LogP contribution is -1.96. The summed E-state index contributed by atoms with van der Waals surface area (Å²) in [7, 11) is 1.68. The van der Waals surface area contributed by atoms with Gasteiger partial charge in [-0.1, -0.05) is 45.7 Å². The molecule has 100 valence electrons. The van der Waals surface area contributed by atoms with Gasteiger partial charge in [-0.15, -0.1) is 0 Å². The Kier molecular flexibility index (Phi) is 5.54. The molecule has 4 heteroatoms. The molecule has 19 heavy (non-hydrogen) atoms. The maximum atomic E-state index is 6.16. The molecular formula is C15H13BrClIO. The van der Waals surface area contributed by atoms with Crippen LogP contribution in [-0.4, -0.2) is 7.11 Å². The van der Waals surface area contributed by atoms with Crippen LogP contribution in [0.15, 0.2) is 42.5 Å². The van der Waals surface area contributed by atoms with E-state index in [1.54, 1.807) is 7.11 Å². The normalized spacial score (nSPS) is 12.2. The van der Waals surface area contributed by atoms with Gasteiger partial charge in [0.05, 0.1) is 12.1 Å². The van der Waals surface area contributed by atoms with Crippen molar-refractivity contribution in [3.8, 4) is 5.75 Å². The van der Waals surface area contributed by atoms with Crippen molar-refractivity contribution < 1.29 is 4.74 Å². The molecule has 1 unspecified atom stereocenters. The third kappa shape index (κ3) is 4.10. The summed E-state index contributed by atoms with van der Waals surface area (Å²) in [4.78, 5) is 0.260. The van der Waals surface area contributed by atoms with Gasteiger partial charge in [0, 0.05) is 8.40 Å². The van der Waals surface area contributed by atoms with Crippen molar-refractivity contribution in [1.82, 2.24) is 0 Å². The van der Waals surface area contributed by atoms with Crippen LogP contribution < -0.4 is 4.74 Å². The highest BCUT2D eigenvalue weighted by atomic mass is 127. The zero-order chi connectivity index (χ0) is 13.8. The van der Waals surface area contributed by atoms with E-state index < -0.39 is 0 Å². The van der Waals surface area contributed by atoms with Gasteiger partial charge in [0.25, 0.3) is 0 Å². The molecule has 0 aliphatic heterocycles. The number of alkyl halides is 1. The number of benzene rings is 2. The Labute approximate surface area is 140 Å². The van der Waals surface area contributed by atoms with Crippen molar-refractivity contribution in [3.05, 3.63) is 62.2 Å². The van der Waals surface area contributed by atoms with E-state index in [0.717, 1.165) is 20.8 Å². The van der Waals surface area contributed by atoms with Crippen LogP contribution in [0.3, 0.4) is 0 Å². The van der Waals surface area contributed by atoms with E-state index in [1.165, 1.54) is 11.1 Å². The van der Waals surface area contributed by atoms with Crippen LogP contribution in [-0.2, 0) is 6.42 Å². The molecule has 0 aliphatic rings. The Morgan fingerprint density at radius 1 is 1.21 bits per heavy atom. The summed E-state index contributed by atoms with van der Waals surface area (Å²) in [6.45, 7) is 0. The monoisotopic (exact) mass is 450 g/mol. The lowest BCUT2D eigenvalue weighted by Gasteiger charge is -2.12. The highest BCUT2D eigenvalue weighted by Crippen LogP contribution is 2.31. The number of hydrogen-bond donors (Lipinski definition) is 0. The number of methoxy groups -OCH3 is 1. The minimum absolute atomic E-state index is 0.260. The smallest absolute Gasteiger partial charge is 0.118 e. The largest absolute Gasteiger partial charge is 0.497 e. The van der Waals surface area contributed by atoms with Gasteiger partial charge in [-0.05, 0) is 64.4 Å². The second kappa shape index (κ2) is 6.95. The van der Waals surface area contributed by atoms with Crippen LogP contribution in [0.4, 0.5) is 0 Å². The predicted octanol–water partition coefficient (Wildman–Crippen LogP) is 5.63. The van der Waals surface area contributed by atoms with Gasteiger partial charge in [0.1, 0.15) is 5.75 Å². The molecular weight excluding hydrogens is 438 g/mol. The first kappa shape index (κ1) is 15.1. The Hall–Kier alpha value is -0.260. The van der Waals surface area contributed by atoms with E-state index in [-0.39, 0.29) is 4.83 Å². The second-order valence-corrected chi connectivity index (χ2v) is 6.87. The molecule has 0 fully saturated rings. The summed E-state index contributed by atoms with van der Waals surface area (Å²) < 4.78 is 6.23. The van der Waals surface area contributed by atoms with Crippen LogP contribution in [0.2, 0.25) is 5.02 Å². The Morgan fingerprint density at radius 3 is 2.47 bits per heavy atom. The zero-order valence-electron chi connectivity index (χ0n) is 10.4. The van der Waals surface area contributed by atoms with E-state index >= 15 is 0 Å². The summed E-state index contributed by atoms with van der Waals surface area (Å²) in [5, 5.41) is 0.803. The lowest BCUT2D eigenvalue weighted by atomic mass is 10.0. The molecule has 1 atom stereocenters. The number of hydrogen-bond acceptors (Lipinski definition) is 1. The van der Waals surface area contributed by atoms with Gasteiger partial charge in [0.2, 0.25) is 0 Å². The maximum absolute atomic E-state index is 6.16. The van der Waals surface area contributed by atoms with Crippen molar-refractivity contribution in [2.75, 3.05) is 7.11 Å². The highest BCUT2D eigenvalue weighted by Gasteiger charge is 2.10. The summed E-state index contributed by atoms with van der Waals surface area (Å²) in [6, 6.07) is 14.3. The SMILES string of the molecule is COc1ccc(CC(Br)c2ccc(I)c(Cl)c2)cc1. The third-order valence-electron chi connectivity index (χ3n) is 2.88. The van der Waals surface area contributed by atoms with E-state index in [0.29, 0.717) is 0 Å². The fourth-order valence-corrected chi connectivity index (χ4v) is 2.98. The molecule has 0 spiro atoms. The topological polar surface area (TPSA) is 9.23 Å². The Balaban J connectivity index is 2.10. The third-order valence-corrected chi connectivity index (χ3v) is 5.30. The first-order chi connectivity index (χ1) is 9.10. The second-order valence-electron chi connectivity index (χ2n) is 4.19. The molecule has 0 heterocycles.